The van der Waals surface area contributed by atoms with Crippen molar-refractivity contribution in [2.24, 2.45) is 0 Å². The second-order valence-electron chi connectivity index (χ2n) is 7.82. The minimum atomic E-state index is -4.02. The second-order valence-corrected chi connectivity index (χ2v) is 9.74. The molecule has 3 aromatic carbocycles. The van der Waals surface area contributed by atoms with Crippen LogP contribution in [0.4, 0.5) is 4.79 Å². The van der Waals surface area contributed by atoms with Crippen molar-refractivity contribution >= 4 is 21.9 Å². The molecule has 0 fully saturated rings. The van der Waals surface area contributed by atoms with Gasteiger partial charge in [0.05, 0.1) is 16.4 Å². The molecule has 0 spiro atoms. The van der Waals surface area contributed by atoms with E-state index in [-0.39, 0.29) is 40.7 Å². The molecule has 35 heavy (non-hydrogen) atoms. The topological polar surface area (TPSA) is 119 Å². The molecule has 0 radical (unpaired) electrons. The van der Waals surface area contributed by atoms with Crippen LogP contribution in [0.1, 0.15) is 23.6 Å². The predicted molar refractivity (Wildman–Crippen MR) is 129 cm³/mol. The van der Waals surface area contributed by atoms with E-state index in [0.29, 0.717) is 0 Å². The number of carbonyl (C=O) groups is 2. The Kier molecular flexibility index (Phi) is 8.48. The van der Waals surface area contributed by atoms with Gasteiger partial charge < -0.3 is 19.9 Å². The first-order valence-corrected chi connectivity index (χ1v) is 12.5. The maximum absolute atomic E-state index is 13.3. The molecular formula is C26H27NO7S. The summed E-state index contributed by atoms with van der Waals surface area (Å²) in [6.07, 6.45) is -1.05. The van der Waals surface area contributed by atoms with Crippen molar-refractivity contribution in [1.29, 1.82) is 0 Å². The van der Waals surface area contributed by atoms with Crippen molar-refractivity contribution in [2.75, 3.05) is 6.61 Å². The molecule has 0 aliphatic heterocycles. The largest absolute Gasteiger partial charge is 0.508 e. The SMILES string of the molecule is CCOC(=O)[C@H](Cc1ccc(O)cc1S(=O)(=O)c1ccc(C)cc1)NC(=O)OCc1ccccc1. The van der Waals surface area contributed by atoms with E-state index in [0.717, 1.165) is 17.2 Å². The summed E-state index contributed by atoms with van der Waals surface area (Å²) in [6, 6.07) is 17.9. The molecular weight excluding hydrogens is 470 g/mol. The third kappa shape index (κ3) is 6.83. The summed E-state index contributed by atoms with van der Waals surface area (Å²) in [7, 11) is -4.02. The number of aromatic hydroxyl groups is 1. The van der Waals surface area contributed by atoms with Gasteiger partial charge in [0.2, 0.25) is 9.84 Å². The van der Waals surface area contributed by atoms with Gasteiger partial charge in [-0.05, 0) is 49.2 Å². The number of phenolic OH excluding ortho intramolecular Hbond substituents is 1. The number of phenols is 1. The fraction of sp³-hybridized carbons (Fsp3) is 0.231. The summed E-state index contributed by atoms with van der Waals surface area (Å²) in [5.41, 5.74) is 1.88. The van der Waals surface area contributed by atoms with Gasteiger partial charge in [-0.1, -0.05) is 54.1 Å². The molecule has 0 saturated heterocycles. The van der Waals surface area contributed by atoms with E-state index >= 15 is 0 Å². The number of alkyl carbamates (subject to hydrolysis) is 1. The van der Waals surface area contributed by atoms with Crippen molar-refractivity contribution in [3.63, 3.8) is 0 Å². The summed E-state index contributed by atoms with van der Waals surface area (Å²) in [4.78, 5) is 24.9. The Morgan fingerprint density at radius 1 is 0.971 bits per heavy atom. The number of amides is 1. The van der Waals surface area contributed by atoms with Crippen molar-refractivity contribution in [2.45, 2.75) is 42.7 Å². The van der Waals surface area contributed by atoms with Gasteiger partial charge in [-0.15, -0.1) is 0 Å². The van der Waals surface area contributed by atoms with E-state index < -0.39 is 27.9 Å². The van der Waals surface area contributed by atoms with Gasteiger partial charge in [0.1, 0.15) is 18.4 Å². The Balaban J connectivity index is 1.86. The zero-order valence-corrected chi connectivity index (χ0v) is 20.2. The number of esters is 1. The number of hydrogen-bond acceptors (Lipinski definition) is 7. The van der Waals surface area contributed by atoms with E-state index in [9.17, 15) is 23.1 Å². The Hall–Kier alpha value is -3.85. The molecule has 0 aromatic heterocycles. The third-order valence-electron chi connectivity index (χ3n) is 5.17. The van der Waals surface area contributed by atoms with Gasteiger partial charge in [-0.2, -0.15) is 0 Å². The molecule has 1 amide bonds. The first-order chi connectivity index (χ1) is 16.7. The van der Waals surface area contributed by atoms with Crippen molar-refractivity contribution in [3.8, 4) is 5.75 Å². The lowest BCUT2D eigenvalue weighted by molar-refractivity contribution is -0.145. The zero-order valence-electron chi connectivity index (χ0n) is 19.4. The number of hydrogen-bond donors (Lipinski definition) is 2. The lowest BCUT2D eigenvalue weighted by Gasteiger charge is -2.19. The van der Waals surface area contributed by atoms with Crippen LogP contribution in [0.15, 0.2) is 82.6 Å². The first kappa shape index (κ1) is 25.8. The molecule has 3 rings (SSSR count). The Bertz CT molecular complexity index is 1270. The molecule has 0 saturated carbocycles. The summed E-state index contributed by atoms with van der Waals surface area (Å²) in [5, 5.41) is 12.5. The number of benzene rings is 3. The lowest BCUT2D eigenvalue weighted by Crippen LogP contribution is -2.43. The monoisotopic (exact) mass is 497 g/mol. The Morgan fingerprint density at radius 3 is 2.31 bits per heavy atom. The van der Waals surface area contributed by atoms with Gasteiger partial charge in [0.25, 0.3) is 0 Å². The highest BCUT2D eigenvalue weighted by Crippen LogP contribution is 2.29. The molecule has 8 nitrogen and oxygen atoms in total. The lowest BCUT2D eigenvalue weighted by atomic mass is 10.1. The highest BCUT2D eigenvalue weighted by Gasteiger charge is 2.28. The van der Waals surface area contributed by atoms with Crippen LogP contribution >= 0.6 is 0 Å². The van der Waals surface area contributed by atoms with E-state index in [1.165, 1.54) is 24.3 Å². The molecule has 0 aliphatic rings. The summed E-state index contributed by atoms with van der Waals surface area (Å²) in [6.45, 7) is 3.52. The number of sulfone groups is 1. The van der Waals surface area contributed by atoms with Crippen LogP contribution in [-0.2, 0) is 37.1 Å². The number of carbonyl (C=O) groups excluding carboxylic acids is 2. The minimum Gasteiger partial charge on any atom is -0.508 e. The summed E-state index contributed by atoms with van der Waals surface area (Å²) < 4.78 is 37.0. The summed E-state index contributed by atoms with van der Waals surface area (Å²) >= 11 is 0. The standard InChI is InChI=1S/C26H27NO7S/c1-3-33-25(29)23(27-26(30)34-17-19-7-5-4-6-8-19)15-20-11-12-21(28)16-24(20)35(31,32)22-13-9-18(2)10-14-22/h4-14,16,23,28H,3,15,17H2,1-2H3,(H,27,30)/t23-/m0/s1. The molecule has 0 unspecified atom stereocenters. The van der Waals surface area contributed by atoms with Gasteiger partial charge in [-0.3, -0.25) is 0 Å². The first-order valence-electron chi connectivity index (χ1n) is 11.0. The maximum atomic E-state index is 13.3. The van der Waals surface area contributed by atoms with E-state index in [4.69, 9.17) is 9.47 Å². The zero-order chi connectivity index (χ0) is 25.4. The van der Waals surface area contributed by atoms with Crippen molar-refractivity contribution in [3.05, 3.63) is 89.5 Å². The van der Waals surface area contributed by atoms with E-state index in [2.05, 4.69) is 5.32 Å². The normalized spacial score (nSPS) is 11.9. The van der Waals surface area contributed by atoms with E-state index in [1.54, 1.807) is 43.3 Å². The van der Waals surface area contributed by atoms with Crippen LogP contribution < -0.4 is 5.32 Å². The maximum Gasteiger partial charge on any atom is 0.408 e. The minimum absolute atomic E-state index is 0.00547. The molecule has 0 bridgehead atoms. The fourth-order valence-corrected chi connectivity index (χ4v) is 4.89. The van der Waals surface area contributed by atoms with Crippen LogP contribution in [0, 0.1) is 6.92 Å². The van der Waals surface area contributed by atoms with Crippen LogP contribution in [0.5, 0.6) is 5.75 Å². The van der Waals surface area contributed by atoms with Gasteiger partial charge >= 0.3 is 12.1 Å². The average Bonchev–Trinajstić information content (AvgIpc) is 2.84. The second kappa shape index (κ2) is 11.5. The van der Waals surface area contributed by atoms with E-state index in [1.807, 2.05) is 13.0 Å². The molecule has 0 heterocycles. The number of ether oxygens (including phenoxy) is 2. The Morgan fingerprint density at radius 2 is 1.66 bits per heavy atom. The van der Waals surface area contributed by atoms with Crippen LogP contribution in [0.2, 0.25) is 0 Å². The van der Waals surface area contributed by atoms with Crippen molar-refractivity contribution < 1.29 is 32.6 Å². The number of rotatable bonds is 9. The van der Waals surface area contributed by atoms with Crippen LogP contribution in [0.25, 0.3) is 0 Å². The highest BCUT2D eigenvalue weighted by molar-refractivity contribution is 7.91. The van der Waals surface area contributed by atoms with Crippen LogP contribution in [-0.4, -0.2) is 38.2 Å². The quantitative estimate of drug-likeness (QED) is 0.430. The van der Waals surface area contributed by atoms with Gasteiger partial charge in [-0.25, -0.2) is 18.0 Å². The highest BCUT2D eigenvalue weighted by atomic mass is 32.2. The average molecular weight is 498 g/mol. The molecule has 184 valence electrons. The molecule has 3 aromatic rings. The van der Waals surface area contributed by atoms with Crippen LogP contribution in [0.3, 0.4) is 0 Å². The molecule has 9 heteroatoms. The van der Waals surface area contributed by atoms with Gasteiger partial charge in [0, 0.05) is 6.42 Å². The molecule has 1 atom stereocenters. The Labute approximate surface area is 204 Å². The third-order valence-corrected chi connectivity index (χ3v) is 7.02. The molecule has 0 aliphatic carbocycles. The van der Waals surface area contributed by atoms with Gasteiger partial charge in [0.15, 0.2) is 0 Å². The predicted octanol–water partition coefficient (Wildman–Crippen LogP) is 3.93. The smallest absolute Gasteiger partial charge is 0.408 e. The summed E-state index contributed by atoms with van der Waals surface area (Å²) in [5.74, 6) is -0.988. The number of nitrogens with one attached hydrogen (secondary N) is 1. The fourth-order valence-electron chi connectivity index (χ4n) is 3.37. The number of aryl methyl sites for hydroxylation is 1. The molecule has 2 N–H and O–H groups in total. The van der Waals surface area contributed by atoms with Crippen molar-refractivity contribution in [1.82, 2.24) is 5.32 Å².